The van der Waals surface area contributed by atoms with E-state index in [0.29, 0.717) is 6.04 Å². The van der Waals surface area contributed by atoms with Crippen molar-refractivity contribution < 1.29 is 5.11 Å². The van der Waals surface area contributed by atoms with E-state index in [4.69, 9.17) is 0 Å². The van der Waals surface area contributed by atoms with E-state index in [-0.39, 0.29) is 12.1 Å². The normalized spacial score (nSPS) is 33.4. The molecule has 0 radical (unpaired) electrons. The summed E-state index contributed by atoms with van der Waals surface area (Å²) in [4.78, 5) is 2.37. The van der Waals surface area contributed by atoms with Crippen LogP contribution >= 0.6 is 0 Å². The third-order valence-corrected chi connectivity index (χ3v) is 4.04. The van der Waals surface area contributed by atoms with Gasteiger partial charge in [0.05, 0.1) is 6.61 Å². The number of aliphatic hydroxyl groups excluding tert-OH is 1. The molecule has 1 aliphatic rings. The van der Waals surface area contributed by atoms with E-state index in [0.717, 1.165) is 11.8 Å². The zero-order valence-corrected chi connectivity index (χ0v) is 11.0. The molecule has 15 heavy (non-hydrogen) atoms. The van der Waals surface area contributed by atoms with Crippen LogP contribution in [0.25, 0.3) is 0 Å². The fourth-order valence-corrected chi connectivity index (χ4v) is 2.83. The fraction of sp³-hybridized carbons (Fsp3) is 1.00. The minimum atomic E-state index is -0.0819. The number of likely N-dealkylation sites (N-methyl/N-ethyl adjacent to an activating group) is 1. The predicted molar refractivity (Wildman–Crippen MR) is 64.9 cm³/mol. The Morgan fingerprint density at radius 2 is 1.60 bits per heavy atom. The van der Waals surface area contributed by atoms with Crippen molar-refractivity contribution in [1.29, 1.82) is 0 Å². The van der Waals surface area contributed by atoms with E-state index >= 15 is 0 Å². The molecule has 1 N–H and O–H groups in total. The van der Waals surface area contributed by atoms with Gasteiger partial charge in [0.1, 0.15) is 0 Å². The molecule has 2 heteroatoms. The molecule has 0 aromatic heterocycles. The van der Waals surface area contributed by atoms with Gasteiger partial charge >= 0.3 is 0 Å². The summed E-state index contributed by atoms with van der Waals surface area (Å²) in [7, 11) is 2.16. The molecule has 0 heterocycles. The van der Waals surface area contributed by atoms with Crippen LogP contribution in [0.2, 0.25) is 0 Å². The first-order chi connectivity index (χ1) is 6.86. The molecule has 1 aliphatic carbocycles. The van der Waals surface area contributed by atoms with Crippen LogP contribution in [0.15, 0.2) is 0 Å². The first-order valence-electron chi connectivity index (χ1n) is 6.20. The van der Waals surface area contributed by atoms with Crippen LogP contribution in [0.4, 0.5) is 0 Å². The first-order valence-corrected chi connectivity index (χ1v) is 6.20. The smallest absolute Gasteiger partial charge is 0.0610 e. The van der Waals surface area contributed by atoms with Gasteiger partial charge in [-0.05, 0) is 52.0 Å². The van der Waals surface area contributed by atoms with Gasteiger partial charge in [-0.2, -0.15) is 0 Å². The van der Waals surface area contributed by atoms with Crippen LogP contribution in [-0.4, -0.2) is 35.2 Å². The Labute approximate surface area is 94.7 Å². The quantitative estimate of drug-likeness (QED) is 0.778. The highest BCUT2D eigenvalue weighted by atomic mass is 16.3. The van der Waals surface area contributed by atoms with Gasteiger partial charge in [0.2, 0.25) is 0 Å². The maximum absolute atomic E-state index is 9.39. The van der Waals surface area contributed by atoms with Crippen molar-refractivity contribution in [1.82, 2.24) is 4.90 Å². The van der Waals surface area contributed by atoms with Gasteiger partial charge in [0.25, 0.3) is 0 Å². The Hall–Kier alpha value is -0.0800. The summed E-state index contributed by atoms with van der Waals surface area (Å²) in [6, 6.07) is 0.644. The largest absolute Gasteiger partial charge is 0.394 e. The second-order valence-corrected chi connectivity index (χ2v) is 6.15. The minimum Gasteiger partial charge on any atom is -0.394 e. The van der Waals surface area contributed by atoms with Crippen molar-refractivity contribution in [2.45, 2.75) is 58.5 Å². The van der Waals surface area contributed by atoms with Gasteiger partial charge in [0.15, 0.2) is 0 Å². The van der Waals surface area contributed by atoms with Crippen LogP contribution in [0.5, 0.6) is 0 Å². The fourth-order valence-electron chi connectivity index (χ4n) is 2.83. The van der Waals surface area contributed by atoms with E-state index in [1.165, 1.54) is 19.3 Å². The Morgan fingerprint density at radius 1 is 1.13 bits per heavy atom. The molecule has 2 nitrogen and oxygen atoms in total. The van der Waals surface area contributed by atoms with Crippen LogP contribution in [-0.2, 0) is 0 Å². The molecule has 0 aromatic rings. The minimum absolute atomic E-state index is 0.0819. The van der Waals surface area contributed by atoms with Gasteiger partial charge in [-0.25, -0.2) is 0 Å². The zero-order valence-electron chi connectivity index (χ0n) is 11.0. The molecule has 90 valence electrons. The van der Waals surface area contributed by atoms with Crippen molar-refractivity contribution in [3.8, 4) is 0 Å². The van der Waals surface area contributed by atoms with E-state index in [1.807, 2.05) is 0 Å². The molecule has 1 saturated carbocycles. The number of hydrogen-bond donors (Lipinski definition) is 1. The summed E-state index contributed by atoms with van der Waals surface area (Å²) in [5, 5.41) is 9.39. The summed E-state index contributed by atoms with van der Waals surface area (Å²) < 4.78 is 0. The number of rotatable bonds is 3. The van der Waals surface area contributed by atoms with Crippen molar-refractivity contribution in [2.75, 3.05) is 13.7 Å². The molecule has 0 spiro atoms. The second-order valence-electron chi connectivity index (χ2n) is 6.15. The third kappa shape index (κ3) is 3.18. The Balaban J connectivity index is 2.62. The SMILES string of the molecule is CC1CC(C)CC(N(C)C(C)(C)CO)C1. The summed E-state index contributed by atoms with van der Waals surface area (Å²) in [6.45, 7) is 9.18. The van der Waals surface area contributed by atoms with Gasteiger partial charge in [0, 0.05) is 11.6 Å². The predicted octanol–water partition coefficient (Wildman–Crippen LogP) is 2.51. The topological polar surface area (TPSA) is 23.5 Å². The summed E-state index contributed by atoms with van der Waals surface area (Å²) in [6.07, 6.45) is 3.93. The average molecular weight is 213 g/mol. The summed E-state index contributed by atoms with van der Waals surface area (Å²) in [5.41, 5.74) is -0.0819. The van der Waals surface area contributed by atoms with Crippen LogP contribution < -0.4 is 0 Å². The van der Waals surface area contributed by atoms with Gasteiger partial charge in [-0.1, -0.05) is 13.8 Å². The van der Waals surface area contributed by atoms with Crippen molar-refractivity contribution in [3.05, 3.63) is 0 Å². The molecule has 2 atom stereocenters. The van der Waals surface area contributed by atoms with Crippen LogP contribution in [0.1, 0.15) is 47.0 Å². The van der Waals surface area contributed by atoms with Gasteiger partial charge in [-0.15, -0.1) is 0 Å². The standard InChI is InChI=1S/C13H27NO/c1-10-6-11(2)8-12(7-10)14(5)13(3,4)9-15/h10-12,15H,6-9H2,1-5H3. The molecule has 0 saturated heterocycles. The number of nitrogens with zero attached hydrogens (tertiary/aromatic N) is 1. The second kappa shape index (κ2) is 4.84. The lowest BCUT2D eigenvalue weighted by atomic mass is 9.79. The lowest BCUT2D eigenvalue weighted by Gasteiger charge is -2.44. The number of aliphatic hydroxyl groups is 1. The number of hydrogen-bond acceptors (Lipinski definition) is 2. The molecule has 0 bridgehead atoms. The maximum Gasteiger partial charge on any atom is 0.0610 e. The van der Waals surface area contributed by atoms with Crippen molar-refractivity contribution in [3.63, 3.8) is 0 Å². The molecule has 0 aliphatic heterocycles. The van der Waals surface area contributed by atoms with Gasteiger partial charge < -0.3 is 5.11 Å². The van der Waals surface area contributed by atoms with E-state index < -0.39 is 0 Å². The van der Waals surface area contributed by atoms with Gasteiger partial charge in [-0.3, -0.25) is 4.90 Å². The highest BCUT2D eigenvalue weighted by Crippen LogP contribution is 2.33. The van der Waals surface area contributed by atoms with E-state index in [1.54, 1.807) is 0 Å². The lowest BCUT2D eigenvalue weighted by molar-refractivity contribution is 0.0151. The van der Waals surface area contributed by atoms with E-state index in [9.17, 15) is 5.11 Å². The highest BCUT2D eigenvalue weighted by molar-refractivity contribution is 4.88. The molecular weight excluding hydrogens is 186 g/mol. The Kier molecular flexibility index (Phi) is 4.19. The van der Waals surface area contributed by atoms with Crippen molar-refractivity contribution >= 4 is 0 Å². The Bertz CT molecular complexity index is 193. The van der Waals surface area contributed by atoms with Crippen molar-refractivity contribution in [2.24, 2.45) is 11.8 Å². The summed E-state index contributed by atoms with van der Waals surface area (Å²) >= 11 is 0. The molecule has 2 unspecified atom stereocenters. The van der Waals surface area contributed by atoms with Crippen LogP contribution in [0.3, 0.4) is 0 Å². The third-order valence-electron chi connectivity index (χ3n) is 4.04. The molecule has 0 amide bonds. The maximum atomic E-state index is 9.39. The molecule has 0 aromatic carbocycles. The summed E-state index contributed by atoms with van der Waals surface area (Å²) in [5.74, 6) is 1.66. The highest BCUT2D eigenvalue weighted by Gasteiger charge is 2.33. The first kappa shape index (κ1) is 13.0. The zero-order chi connectivity index (χ0) is 11.6. The molecule has 1 rings (SSSR count). The Morgan fingerprint density at radius 3 is 2.00 bits per heavy atom. The monoisotopic (exact) mass is 213 g/mol. The molecule has 1 fully saturated rings. The average Bonchev–Trinajstić information content (AvgIpc) is 2.15. The lowest BCUT2D eigenvalue weighted by Crippen LogP contribution is -2.51. The van der Waals surface area contributed by atoms with E-state index in [2.05, 4.69) is 39.6 Å². The van der Waals surface area contributed by atoms with Crippen LogP contribution in [0, 0.1) is 11.8 Å². The molecular formula is C13H27NO.